The Morgan fingerprint density at radius 3 is 2.71 bits per heavy atom. The number of anilines is 1. The van der Waals surface area contributed by atoms with Crippen LogP contribution in [0.4, 0.5) is 5.69 Å². The Labute approximate surface area is 152 Å². The van der Waals surface area contributed by atoms with Crippen molar-refractivity contribution in [2.24, 2.45) is 0 Å². The van der Waals surface area contributed by atoms with Crippen molar-refractivity contribution in [3.05, 3.63) is 75.2 Å². The molecule has 1 amide bonds. The molecule has 0 aliphatic heterocycles. The van der Waals surface area contributed by atoms with Crippen LogP contribution in [-0.2, 0) is 17.8 Å². The summed E-state index contributed by atoms with van der Waals surface area (Å²) in [5.74, 6) is 0.552. The number of carbonyl (C=O) groups is 1. The van der Waals surface area contributed by atoms with Crippen molar-refractivity contribution < 1.29 is 9.53 Å². The molecule has 0 fully saturated rings. The van der Waals surface area contributed by atoms with Gasteiger partial charge < -0.3 is 10.1 Å². The summed E-state index contributed by atoms with van der Waals surface area (Å²) in [4.78, 5) is 16.5. The third kappa shape index (κ3) is 4.66. The molecule has 0 atom stereocenters. The van der Waals surface area contributed by atoms with E-state index in [2.05, 4.69) is 26.2 Å². The fourth-order valence-corrected chi connectivity index (χ4v) is 2.95. The van der Waals surface area contributed by atoms with Crippen LogP contribution in [0.25, 0.3) is 0 Å². The first-order chi connectivity index (χ1) is 11.7. The van der Waals surface area contributed by atoms with Crippen LogP contribution >= 0.6 is 27.3 Å². The summed E-state index contributed by atoms with van der Waals surface area (Å²) in [5.41, 5.74) is 4.26. The van der Waals surface area contributed by atoms with Crippen LogP contribution in [0.5, 0.6) is 5.75 Å². The van der Waals surface area contributed by atoms with Crippen molar-refractivity contribution in [1.82, 2.24) is 4.98 Å². The Hall–Kier alpha value is -2.18. The maximum atomic E-state index is 12.3. The third-order valence-corrected chi connectivity index (χ3v) is 4.46. The Bertz CT molecular complexity index is 804. The molecular formula is C18H15BrN2O2S. The van der Waals surface area contributed by atoms with Gasteiger partial charge in [0, 0.05) is 9.85 Å². The quantitative estimate of drug-likeness (QED) is 0.651. The van der Waals surface area contributed by atoms with E-state index in [1.54, 1.807) is 5.51 Å². The summed E-state index contributed by atoms with van der Waals surface area (Å²) in [5, 5.41) is 4.85. The smallest absolute Gasteiger partial charge is 0.228 e. The SMILES string of the molecule is O=C(Cc1ccc(Br)cc1)Nc1ccccc1OCc1cscn1. The predicted molar refractivity (Wildman–Crippen MR) is 99.4 cm³/mol. The van der Waals surface area contributed by atoms with E-state index in [0.717, 1.165) is 15.7 Å². The van der Waals surface area contributed by atoms with Gasteiger partial charge in [0.2, 0.25) is 5.91 Å². The number of halogens is 1. The zero-order chi connectivity index (χ0) is 16.8. The first kappa shape index (κ1) is 16.7. The van der Waals surface area contributed by atoms with Crippen LogP contribution in [-0.4, -0.2) is 10.9 Å². The molecule has 2 aromatic carbocycles. The molecule has 6 heteroatoms. The van der Waals surface area contributed by atoms with E-state index in [0.29, 0.717) is 24.5 Å². The van der Waals surface area contributed by atoms with Gasteiger partial charge in [-0.15, -0.1) is 11.3 Å². The van der Waals surface area contributed by atoms with Gasteiger partial charge in [0.15, 0.2) is 0 Å². The van der Waals surface area contributed by atoms with Gasteiger partial charge in [-0.1, -0.05) is 40.2 Å². The number of nitrogens with zero attached hydrogens (tertiary/aromatic N) is 1. The van der Waals surface area contributed by atoms with E-state index in [1.807, 2.05) is 53.9 Å². The first-order valence-electron chi connectivity index (χ1n) is 7.34. The molecule has 1 aromatic heterocycles. The van der Waals surface area contributed by atoms with E-state index in [-0.39, 0.29) is 5.91 Å². The van der Waals surface area contributed by atoms with Gasteiger partial charge in [0.05, 0.1) is 23.3 Å². The van der Waals surface area contributed by atoms with Gasteiger partial charge in [-0.25, -0.2) is 4.98 Å². The summed E-state index contributed by atoms with van der Waals surface area (Å²) in [6, 6.07) is 15.1. The van der Waals surface area contributed by atoms with Gasteiger partial charge in [-0.05, 0) is 29.8 Å². The molecule has 0 aliphatic carbocycles. The molecule has 1 N–H and O–H groups in total. The lowest BCUT2D eigenvalue weighted by Crippen LogP contribution is -2.15. The Morgan fingerprint density at radius 2 is 1.96 bits per heavy atom. The molecule has 122 valence electrons. The van der Waals surface area contributed by atoms with Crippen LogP contribution in [0.3, 0.4) is 0 Å². The van der Waals surface area contributed by atoms with E-state index in [4.69, 9.17) is 4.74 Å². The highest BCUT2D eigenvalue weighted by molar-refractivity contribution is 9.10. The maximum Gasteiger partial charge on any atom is 0.228 e. The largest absolute Gasteiger partial charge is 0.485 e. The highest BCUT2D eigenvalue weighted by Gasteiger charge is 2.09. The van der Waals surface area contributed by atoms with Gasteiger partial charge >= 0.3 is 0 Å². The van der Waals surface area contributed by atoms with Crippen molar-refractivity contribution in [3.63, 3.8) is 0 Å². The predicted octanol–water partition coefficient (Wildman–Crippen LogP) is 4.67. The zero-order valence-electron chi connectivity index (χ0n) is 12.7. The number of amides is 1. The van der Waals surface area contributed by atoms with Gasteiger partial charge in [-0.3, -0.25) is 4.79 Å². The fourth-order valence-electron chi connectivity index (χ4n) is 2.14. The summed E-state index contributed by atoms with van der Waals surface area (Å²) in [6.07, 6.45) is 0.313. The normalized spacial score (nSPS) is 10.4. The van der Waals surface area contributed by atoms with Crippen molar-refractivity contribution in [1.29, 1.82) is 0 Å². The molecule has 24 heavy (non-hydrogen) atoms. The second kappa shape index (κ2) is 8.08. The number of hydrogen-bond donors (Lipinski definition) is 1. The molecular weight excluding hydrogens is 388 g/mol. The van der Waals surface area contributed by atoms with Crippen LogP contribution in [0.2, 0.25) is 0 Å². The number of rotatable bonds is 6. The van der Waals surface area contributed by atoms with Crippen LogP contribution in [0.1, 0.15) is 11.3 Å². The Morgan fingerprint density at radius 1 is 1.17 bits per heavy atom. The molecule has 0 bridgehead atoms. The highest BCUT2D eigenvalue weighted by atomic mass is 79.9. The summed E-state index contributed by atoms with van der Waals surface area (Å²) in [6.45, 7) is 0.378. The summed E-state index contributed by atoms with van der Waals surface area (Å²) in [7, 11) is 0. The fraction of sp³-hybridized carbons (Fsp3) is 0.111. The third-order valence-electron chi connectivity index (χ3n) is 3.30. The minimum atomic E-state index is -0.0815. The molecule has 0 saturated heterocycles. The molecule has 0 spiro atoms. The first-order valence-corrected chi connectivity index (χ1v) is 9.07. The van der Waals surface area contributed by atoms with Crippen LogP contribution in [0.15, 0.2) is 63.9 Å². The molecule has 0 radical (unpaired) electrons. The van der Waals surface area contributed by atoms with Gasteiger partial charge in [-0.2, -0.15) is 0 Å². The van der Waals surface area contributed by atoms with E-state index in [1.165, 1.54) is 11.3 Å². The molecule has 0 saturated carbocycles. The Balaban J connectivity index is 1.63. The molecule has 0 unspecified atom stereocenters. The lowest BCUT2D eigenvalue weighted by Gasteiger charge is -2.12. The average molecular weight is 403 g/mol. The minimum absolute atomic E-state index is 0.0815. The summed E-state index contributed by atoms with van der Waals surface area (Å²) < 4.78 is 6.76. The second-order valence-electron chi connectivity index (χ2n) is 5.12. The lowest BCUT2D eigenvalue weighted by molar-refractivity contribution is -0.115. The Kier molecular flexibility index (Phi) is 5.61. The number of ether oxygens (including phenoxy) is 1. The zero-order valence-corrected chi connectivity index (χ0v) is 15.1. The standard InChI is InChI=1S/C18H15BrN2O2S/c19-14-7-5-13(6-8-14)9-18(22)21-16-3-1-2-4-17(16)23-10-15-11-24-12-20-15/h1-8,11-12H,9-10H2,(H,21,22). The number of benzene rings is 2. The molecule has 4 nitrogen and oxygen atoms in total. The highest BCUT2D eigenvalue weighted by Crippen LogP contribution is 2.25. The lowest BCUT2D eigenvalue weighted by atomic mass is 10.1. The number of hydrogen-bond acceptors (Lipinski definition) is 4. The molecule has 0 aliphatic rings. The van der Waals surface area contributed by atoms with E-state index < -0.39 is 0 Å². The second-order valence-corrected chi connectivity index (χ2v) is 6.75. The average Bonchev–Trinajstić information content (AvgIpc) is 3.10. The van der Waals surface area contributed by atoms with Crippen LogP contribution in [0, 0.1) is 0 Å². The number of para-hydroxylation sites is 2. The minimum Gasteiger partial charge on any atom is -0.485 e. The van der Waals surface area contributed by atoms with Gasteiger partial charge in [0.1, 0.15) is 12.4 Å². The van der Waals surface area contributed by atoms with Crippen LogP contribution < -0.4 is 10.1 Å². The van der Waals surface area contributed by atoms with E-state index >= 15 is 0 Å². The van der Waals surface area contributed by atoms with Crippen molar-refractivity contribution in [2.75, 3.05) is 5.32 Å². The molecule has 3 aromatic rings. The number of thiazole rings is 1. The maximum absolute atomic E-state index is 12.3. The number of nitrogens with one attached hydrogen (secondary N) is 1. The number of carbonyl (C=O) groups excluding carboxylic acids is 1. The van der Waals surface area contributed by atoms with Crippen molar-refractivity contribution >= 4 is 38.9 Å². The van der Waals surface area contributed by atoms with Gasteiger partial charge in [0.25, 0.3) is 0 Å². The monoisotopic (exact) mass is 402 g/mol. The van der Waals surface area contributed by atoms with E-state index in [9.17, 15) is 4.79 Å². The molecule has 1 heterocycles. The summed E-state index contributed by atoms with van der Waals surface area (Å²) >= 11 is 4.91. The van der Waals surface area contributed by atoms with Crippen molar-refractivity contribution in [2.45, 2.75) is 13.0 Å². The van der Waals surface area contributed by atoms with Crippen molar-refractivity contribution in [3.8, 4) is 5.75 Å². The molecule has 3 rings (SSSR count). The number of aromatic nitrogens is 1. The topological polar surface area (TPSA) is 51.2 Å².